The summed E-state index contributed by atoms with van der Waals surface area (Å²) >= 11 is 0. The van der Waals surface area contributed by atoms with Crippen LogP contribution in [0.5, 0.6) is 0 Å². The van der Waals surface area contributed by atoms with Crippen LogP contribution in [0.2, 0.25) is 0 Å². The van der Waals surface area contributed by atoms with E-state index in [0.717, 1.165) is 26.2 Å². The number of aliphatic hydroxyl groups excluding tert-OH is 1. The summed E-state index contributed by atoms with van der Waals surface area (Å²) in [5.41, 5.74) is 0.269. The molecule has 1 unspecified atom stereocenters. The summed E-state index contributed by atoms with van der Waals surface area (Å²) in [7, 11) is 0. The van der Waals surface area contributed by atoms with Crippen molar-refractivity contribution in [1.82, 2.24) is 9.80 Å². The molecule has 0 bridgehead atoms. The van der Waals surface area contributed by atoms with Crippen molar-refractivity contribution in [3.8, 4) is 0 Å². The Balaban J connectivity index is 2.48. The Kier molecular flexibility index (Phi) is 3.93. The zero-order valence-corrected chi connectivity index (χ0v) is 9.95. The van der Waals surface area contributed by atoms with E-state index in [0.29, 0.717) is 6.04 Å². The number of piperazine rings is 1. The van der Waals surface area contributed by atoms with Crippen molar-refractivity contribution in [3.05, 3.63) is 0 Å². The van der Waals surface area contributed by atoms with E-state index in [1.165, 1.54) is 0 Å². The largest absolute Gasteiger partial charge is 0.395 e. The van der Waals surface area contributed by atoms with Crippen LogP contribution in [0.1, 0.15) is 27.7 Å². The summed E-state index contributed by atoms with van der Waals surface area (Å²) in [6.45, 7) is 13.5. The summed E-state index contributed by atoms with van der Waals surface area (Å²) in [4.78, 5) is 4.88. The highest BCUT2D eigenvalue weighted by Crippen LogP contribution is 2.20. The van der Waals surface area contributed by atoms with E-state index in [-0.39, 0.29) is 12.1 Å². The zero-order valence-electron chi connectivity index (χ0n) is 9.95. The molecule has 0 saturated carbocycles. The summed E-state index contributed by atoms with van der Waals surface area (Å²) in [6.07, 6.45) is 0. The highest BCUT2D eigenvalue weighted by Gasteiger charge is 2.30. The topological polar surface area (TPSA) is 26.7 Å². The summed E-state index contributed by atoms with van der Waals surface area (Å²) in [6, 6.07) is 0.593. The van der Waals surface area contributed by atoms with Crippen molar-refractivity contribution < 1.29 is 5.11 Å². The highest BCUT2D eigenvalue weighted by molar-refractivity contribution is 4.87. The normalized spacial score (nSPS) is 26.8. The second kappa shape index (κ2) is 4.60. The van der Waals surface area contributed by atoms with Gasteiger partial charge in [0.2, 0.25) is 0 Å². The Morgan fingerprint density at radius 2 is 1.93 bits per heavy atom. The molecule has 0 spiro atoms. The van der Waals surface area contributed by atoms with Gasteiger partial charge in [-0.2, -0.15) is 0 Å². The minimum atomic E-state index is 0.269. The molecule has 84 valence electrons. The van der Waals surface area contributed by atoms with Gasteiger partial charge in [0.1, 0.15) is 0 Å². The van der Waals surface area contributed by atoms with E-state index in [4.69, 9.17) is 5.11 Å². The molecule has 1 atom stereocenters. The van der Waals surface area contributed by atoms with Gasteiger partial charge >= 0.3 is 0 Å². The van der Waals surface area contributed by atoms with Gasteiger partial charge in [0.05, 0.1) is 6.61 Å². The van der Waals surface area contributed by atoms with Gasteiger partial charge in [0.25, 0.3) is 0 Å². The third-order valence-electron chi connectivity index (χ3n) is 2.99. The minimum Gasteiger partial charge on any atom is -0.395 e. The van der Waals surface area contributed by atoms with Crippen LogP contribution in [0.25, 0.3) is 0 Å². The third kappa shape index (κ3) is 2.94. The first-order valence-electron chi connectivity index (χ1n) is 5.55. The quantitative estimate of drug-likeness (QED) is 0.714. The Morgan fingerprint density at radius 3 is 2.36 bits per heavy atom. The van der Waals surface area contributed by atoms with Crippen LogP contribution < -0.4 is 0 Å². The molecule has 1 heterocycles. The van der Waals surface area contributed by atoms with Gasteiger partial charge in [-0.25, -0.2) is 0 Å². The van der Waals surface area contributed by atoms with E-state index in [1.807, 2.05) is 0 Å². The van der Waals surface area contributed by atoms with Gasteiger partial charge in [0, 0.05) is 37.8 Å². The molecule has 0 amide bonds. The monoisotopic (exact) mass is 200 g/mol. The molecule has 1 N–H and O–H groups in total. The van der Waals surface area contributed by atoms with Gasteiger partial charge in [-0.15, -0.1) is 0 Å². The van der Waals surface area contributed by atoms with Crippen LogP contribution in [0.15, 0.2) is 0 Å². The second-order valence-electron chi connectivity index (χ2n) is 5.24. The smallest absolute Gasteiger partial charge is 0.0558 e. The fourth-order valence-electron chi connectivity index (χ4n) is 2.37. The Bertz CT molecular complexity index is 177. The van der Waals surface area contributed by atoms with Gasteiger partial charge in [-0.1, -0.05) is 0 Å². The number of β-amino-alcohol motifs (C(OH)–C–C–N with tert-alkyl or cyclic N) is 1. The van der Waals surface area contributed by atoms with Gasteiger partial charge in [-0.3, -0.25) is 9.80 Å². The van der Waals surface area contributed by atoms with Crippen molar-refractivity contribution in [1.29, 1.82) is 0 Å². The van der Waals surface area contributed by atoms with Crippen LogP contribution in [0, 0.1) is 0 Å². The van der Waals surface area contributed by atoms with Crippen LogP contribution >= 0.6 is 0 Å². The molecular formula is C11H24N2O. The molecule has 0 aromatic carbocycles. The first kappa shape index (κ1) is 12.0. The molecule has 0 radical (unpaired) electrons. The molecule has 0 aliphatic carbocycles. The third-order valence-corrected chi connectivity index (χ3v) is 2.99. The lowest BCUT2D eigenvalue weighted by Crippen LogP contribution is -2.58. The van der Waals surface area contributed by atoms with E-state index in [9.17, 15) is 0 Å². The standard InChI is InChI=1S/C11H24N2O/c1-10-9-12(7-8-14)5-6-13(10)11(2,3)4/h10,14H,5-9H2,1-4H3. The van der Waals surface area contributed by atoms with E-state index in [1.54, 1.807) is 0 Å². The highest BCUT2D eigenvalue weighted by atomic mass is 16.3. The average Bonchev–Trinajstić information content (AvgIpc) is 2.02. The molecule has 1 aliphatic rings. The lowest BCUT2D eigenvalue weighted by Gasteiger charge is -2.46. The van der Waals surface area contributed by atoms with E-state index >= 15 is 0 Å². The van der Waals surface area contributed by atoms with Crippen LogP contribution in [0.3, 0.4) is 0 Å². The maximum Gasteiger partial charge on any atom is 0.0558 e. The molecule has 14 heavy (non-hydrogen) atoms. The van der Waals surface area contributed by atoms with E-state index < -0.39 is 0 Å². The Labute approximate surface area is 87.7 Å². The average molecular weight is 200 g/mol. The molecule has 3 nitrogen and oxygen atoms in total. The van der Waals surface area contributed by atoms with Crippen LogP contribution in [0.4, 0.5) is 0 Å². The second-order valence-corrected chi connectivity index (χ2v) is 5.24. The SMILES string of the molecule is CC1CN(CCO)CCN1C(C)(C)C. The first-order chi connectivity index (χ1) is 6.45. The van der Waals surface area contributed by atoms with Crippen molar-refractivity contribution in [2.75, 3.05) is 32.8 Å². The summed E-state index contributed by atoms with van der Waals surface area (Å²) in [5, 5.41) is 8.88. The van der Waals surface area contributed by atoms with Crippen molar-refractivity contribution in [3.63, 3.8) is 0 Å². The molecule has 0 aromatic heterocycles. The van der Waals surface area contributed by atoms with Gasteiger partial charge < -0.3 is 5.11 Å². The zero-order chi connectivity index (χ0) is 10.8. The lowest BCUT2D eigenvalue weighted by atomic mass is 10.0. The maximum atomic E-state index is 8.88. The first-order valence-corrected chi connectivity index (χ1v) is 5.55. The summed E-state index contributed by atoms with van der Waals surface area (Å²) < 4.78 is 0. The predicted molar refractivity (Wildman–Crippen MR) is 59.4 cm³/mol. The fourth-order valence-corrected chi connectivity index (χ4v) is 2.37. The number of hydrogen-bond acceptors (Lipinski definition) is 3. The fraction of sp³-hybridized carbons (Fsp3) is 1.00. The maximum absolute atomic E-state index is 8.88. The molecule has 1 fully saturated rings. The number of nitrogens with zero attached hydrogens (tertiary/aromatic N) is 2. The summed E-state index contributed by atoms with van der Waals surface area (Å²) in [5.74, 6) is 0. The van der Waals surface area contributed by atoms with Crippen molar-refractivity contribution in [2.45, 2.75) is 39.3 Å². The molecule has 0 aromatic rings. The Hall–Kier alpha value is -0.120. The number of aliphatic hydroxyl groups is 1. The molecule has 1 aliphatic heterocycles. The van der Waals surface area contributed by atoms with Crippen molar-refractivity contribution in [2.24, 2.45) is 0 Å². The van der Waals surface area contributed by atoms with Crippen LogP contribution in [-0.4, -0.2) is 59.3 Å². The van der Waals surface area contributed by atoms with Gasteiger partial charge in [0.15, 0.2) is 0 Å². The van der Waals surface area contributed by atoms with E-state index in [2.05, 4.69) is 37.5 Å². The minimum absolute atomic E-state index is 0.269. The molecule has 3 heteroatoms. The molecule has 1 rings (SSSR count). The Morgan fingerprint density at radius 1 is 1.29 bits per heavy atom. The molecular weight excluding hydrogens is 176 g/mol. The van der Waals surface area contributed by atoms with Crippen molar-refractivity contribution >= 4 is 0 Å². The number of rotatable bonds is 2. The molecule has 1 saturated heterocycles. The van der Waals surface area contributed by atoms with Gasteiger partial charge in [-0.05, 0) is 27.7 Å². The lowest BCUT2D eigenvalue weighted by molar-refractivity contribution is 0.0130. The number of hydrogen-bond donors (Lipinski definition) is 1. The predicted octanol–water partition coefficient (Wildman–Crippen LogP) is 0.783. The van der Waals surface area contributed by atoms with Crippen LogP contribution in [-0.2, 0) is 0 Å².